The number of benzene rings is 2. The topological polar surface area (TPSA) is 75.7 Å². The monoisotopic (exact) mass is 440 g/mol. The van der Waals surface area contributed by atoms with Crippen LogP contribution in [0.25, 0.3) is 0 Å². The van der Waals surface area contributed by atoms with Crippen molar-refractivity contribution >= 4 is 27.5 Å². The van der Waals surface area contributed by atoms with Crippen LogP contribution in [0, 0.1) is 5.82 Å². The number of rotatable bonds is 6. The van der Waals surface area contributed by atoms with Crippen molar-refractivity contribution in [1.82, 2.24) is 9.62 Å². The van der Waals surface area contributed by atoms with Gasteiger partial charge in [0.25, 0.3) is 5.91 Å². The Hall–Kier alpha value is -2.00. The van der Waals surface area contributed by atoms with Gasteiger partial charge < -0.3 is 10.1 Å². The number of carbonyl (C=O) groups excluding carboxylic acids is 1. The molecule has 0 saturated carbocycles. The van der Waals surface area contributed by atoms with Crippen LogP contribution in [0.4, 0.5) is 4.39 Å². The molecule has 0 radical (unpaired) electrons. The highest BCUT2D eigenvalue weighted by Gasteiger charge is 2.30. The summed E-state index contributed by atoms with van der Waals surface area (Å²) in [6.07, 6.45) is 0.619. The molecular weight excluding hydrogens is 419 g/mol. The van der Waals surface area contributed by atoms with Gasteiger partial charge >= 0.3 is 0 Å². The van der Waals surface area contributed by atoms with E-state index in [2.05, 4.69) is 5.32 Å². The van der Waals surface area contributed by atoms with Crippen molar-refractivity contribution in [2.24, 2.45) is 0 Å². The highest BCUT2D eigenvalue weighted by molar-refractivity contribution is 7.89. The summed E-state index contributed by atoms with van der Waals surface area (Å²) in [6.45, 7) is 2.71. The number of halogens is 2. The van der Waals surface area contributed by atoms with Gasteiger partial charge in [0.1, 0.15) is 10.7 Å². The van der Waals surface area contributed by atoms with E-state index in [1.165, 1.54) is 10.4 Å². The molecule has 0 aliphatic carbocycles. The third kappa shape index (κ3) is 4.95. The largest absolute Gasteiger partial charge is 0.379 e. The summed E-state index contributed by atoms with van der Waals surface area (Å²) in [6, 6.07) is 10.2. The maximum absolute atomic E-state index is 14.3. The highest BCUT2D eigenvalue weighted by atomic mass is 35.5. The third-order valence-electron chi connectivity index (χ3n) is 4.77. The Morgan fingerprint density at radius 1 is 1.21 bits per heavy atom. The summed E-state index contributed by atoms with van der Waals surface area (Å²) < 4.78 is 46.3. The van der Waals surface area contributed by atoms with E-state index in [1.807, 2.05) is 19.1 Å². The van der Waals surface area contributed by atoms with Crippen LogP contribution in [0.2, 0.25) is 5.02 Å². The molecule has 9 heteroatoms. The van der Waals surface area contributed by atoms with Crippen LogP contribution in [0.5, 0.6) is 0 Å². The molecular formula is C20H22ClFN2O4S. The second-order valence-corrected chi connectivity index (χ2v) is 8.99. The lowest BCUT2D eigenvalue weighted by molar-refractivity contribution is 0.0729. The van der Waals surface area contributed by atoms with Crippen LogP contribution >= 0.6 is 11.6 Å². The molecule has 0 bridgehead atoms. The molecule has 3 rings (SSSR count). The molecule has 1 N–H and O–H groups in total. The fourth-order valence-electron chi connectivity index (χ4n) is 3.13. The third-order valence-corrected chi connectivity index (χ3v) is 6.93. The van der Waals surface area contributed by atoms with E-state index in [0.29, 0.717) is 11.4 Å². The number of nitrogens with one attached hydrogen (secondary N) is 1. The molecule has 1 aliphatic heterocycles. The first-order valence-electron chi connectivity index (χ1n) is 9.26. The van der Waals surface area contributed by atoms with Gasteiger partial charge in [-0.25, -0.2) is 12.8 Å². The number of nitrogens with zero attached hydrogens (tertiary/aromatic N) is 1. The van der Waals surface area contributed by atoms with E-state index in [4.69, 9.17) is 16.3 Å². The van der Waals surface area contributed by atoms with Gasteiger partial charge in [-0.05, 0) is 42.3 Å². The second kappa shape index (κ2) is 9.21. The number of carbonyl (C=O) groups is 1. The summed E-state index contributed by atoms with van der Waals surface area (Å²) in [4.78, 5) is 12.2. The fourth-order valence-corrected chi connectivity index (χ4v) is 4.75. The minimum absolute atomic E-state index is 0.0747. The van der Waals surface area contributed by atoms with Gasteiger partial charge in [-0.1, -0.05) is 30.7 Å². The summed E-state index contributed by atoms with van der Waals surface area (Å²) in [5.41, 5.74) is 0.944. The Kier molecular flexibility index (Phi) is 6.89. The zero-order valence-electron chi connectivity index (χ0n) is 15.9. The van der Waals surface area contributed by atoms with Gasteiger partial charge in [0.15, 0.2) is 0 Å². The van der Waals surface area contributed by atoms with Crippen LogP contribution < -0.4 is 5.32 Å². The van der Waals surface area contributed by atoms with Crippen molar-refractivity contribution in [2.75, 3.05) is 26.3 Å². The molecule has 2 aromatic carbocycles. The Bertz CT molecular complexity index is 976. The minimum Gasteiger partial charge on any atom is -0.379 e. The molecule has 0 spiro atoms. The molecule has 1 heterocycles. The average Bonchev–Trinajstić information content (AvgIpc) is 2.73. The lowest BCUT2D eigenvalue weighted by atomic mass is 10.0. The first-order valence-corrected chi connectivity index (χ1v) is 11.1. The first-order chi connectivity index (χ1) is 13.8. The van der Waals surface area contributed by atoms with E-state index >= 15 is 0 Å². The molecule has 1 unspecified atom stereocenters. The van der Waals surface area contributed by atoms with Crippen molar-refractivity contribution in [3.05, 3.63) is 64.4 Å². The Morgan fingerprint density at radius 2 is 1.86 bits per heavy atom. The van der Waals surface area contributed by atoms with Crippen molar-refractivity contribution in [1.29, 1.82) is 0 Å². The van der Waals surface area contributed by atoms with Crippen molar-refractivity contribution < 1.29 is 22.3 Å². The zero-order chi connectivity index (χ0) is 21.0. The van der Waals surface area contributed by atoms with Crippen molar-refractivity contribution in [3.63, 3.8) is 0 Å². The summed E-state index contributed by atoms with van der Waals surface area (Å²) in [5, 5.41) is 3.45. The number of morpholine rings is 1. The van der Waals surface area contributed by atoms with E-state index in [1.54, 1.807) is 12.1 Å². The molecule has 1 amide bonds. The van der Waals surface area contributed by atoms with E-state index in [0.717, 1.165) is 17.7 Å². The molecule has 2 aromatic rings. The number of amides is 1. The number of hydrogen-bond donors (Lipinski definition) is 1. The van der Waals surface area contributed by atoms with Gasteiger partial charge in [0, 0.05) is 23.7 Å². The highest BCUT2D eigenvalue weighted by Crippen LogP contribution is 2.23. The van der Waals surface area contributed by atoms with E-state index < -0.39 is 26.6 Å². The molecule has 1 atom stereocenters. The van der Waals surface area contributed by atoms with Gasteiger partial charge in [0.05, 0.1) is 19.3 Å². The molecule has 1 saturated heterocycles. The smallest absolute Gasteiger partial charge is 0.251 e. The SMILES string of the molecule is CCC(NC(=O)c1ccc(F)c(S(=O)(=O)N2CCOCC2)c1)c1ccc(Cl)cc1. The van der Waals surface area contributed by atoms with Gasteiger partial charge in [0.2, 0.25) is 10.0 Å². The summed E-state index contributed by atoms with van der Waals surface area (Å²) in [5.74, 6) is -1.37. The van der Waals surface area contributed by atoms with E-state index in [-0.39, 0.29) is 37.9 Å². The average molecular weight is 441 g/mol. The van der Waals surface area contributed by atoms with Crippen LogP contribution in [0.15, 0.2) is 47.4 Å². The fraction of sp³-hybridized carbons (Fsp3) is 0.350. The maximum atomic E-state index is 14.3. The summed E-state index contributed by atoms with van der Waals surface area (Å²) >= 11 is 5.91. The lowest BCUT2D eigenvalue weighted by Gasteiger charge is -2.26. The van der Waals surface area contributed by atoms with Crippen LogP contribution in [0.3, 0.4) is 0 Å². The molecule has 1 aliphatic rings. The summed E-state index contributed by atoms with van der Waals surface area (Å²) in [7, 11) is -4.06. The molecule has 156 valence electrons. The lowest BCUT2D eigenvalue weighted by Crippen LogP contribution is -2.41. The molecule has 0 aromatic heterocycles. The van der Waals surface area contributed by atoms with Crippen LogP contribution in [-0.4, -0.2) is 44.9 Å². The predicted octanol–water partition coefficient (Wildman–Crippen LogP) is 3.38. The predicted molar refractivity (Wildman–Crippen MR) is 108 cm³/mol. The van der Waals surface area contributed by atoms with Gasteiger partial charge in [-0.2, -0.15) is 4.31 Å². The molecule has 29 heavy (non-hydrogen) atoms. The normalized spacial score (nSPS) is 16.4. The van der Waals surface area contributed by atoms with Crippen molar-refractivity contribution in [2.45, 2.75) is 24.3 Å². The Balaban J connectivity index is 1.84. The molecule has 6 nitrogen and oxygen atoms in total. The quantitative estimate of drug-likeness (QED) is 0.747. The molecule has 1 fully saturated rings. The second-order valence-electron chi connectivity index (χ2n) is 6.65. The number of sulfonamides is 1. The van der Waals surface area contributed by atoms with Crippen LogP contribution in [-0.2, 0) is 14.8 Å². The number of hydrogen-bond acceptors (Lipinski definition) is 4. The zero-order valence-corrected chi connectivity index (χ0v) is 17.5. The van der Waals surface area contributed by atoms with Crippen LogP contribution in [0.1, 0.15) is 35.3 Å². The maximum Gasteiger partial charge on any atom is 0.251 e. The van der Waals surface area contributed by atoms with E-state index in [9.17, 15) is 17.6 Å². The van der Waals surface area contributed by atoms with Gasteiger partial charge in [-0.3, -0.25) is 4.79 Å². The van der Waals surface area contributed by atoms with Gasteiger partial charge in [-0.15, -0.1) is 0 Å². The first kappa shape index (κ1) is 21.7. The Labute approximate surface area is 174 Å². The minimum atomic E-state index is -4.06. The Morgan fingerprint density at radius 3 is 2.48 bits per heavy atom. The standard InChI is InChI=1S/C20H22ClFN2O4S/c1-2-18(14-3-6-16(21)7-4-14)23-20(25)15-5-8-17(22)19(13-15)29(26,27)24-9-11-28-12-10-24/h3-8,13,18H,2,9-12H2,1H3,(H,23,25). The van der Waals surface area contributed by atoms with Crippen molar-refractivity contribution in [3.8, 4) is 0 Å². The number of ether oxygens (including phenoxy) is 1.